The summed E-state index contributed by atoms with van der Waals surface area (Å²) in [6, 6.07) is 3.58. The largest absolute Gasteiger partial charge is 0.480 e. The van der Waals surface area contributed by atoms with Crippen LogP contribution in [-0.4, -0.2) is 61.1 Å². The lowest BCUT2D eigenvalue weighted by molar-refractivity contribution is -0.140. The maximum absolute atomic E-state index is 13.5. The summed E-state index contributed by atoms with van der Waals surface area (Å²) < 4.78 is 1.53. The van der Waals surface area contributed by atoms with Gasteiger partial charge in [-0.2, -0.15) is 0 Å². The maximum Gasteiger partial charge on any atom is 0.323 e. The lowest BCUT2D eigenvalue weighted by Gasteiger charge is -2.32. The van der Waals surface area contributed by atoms with Gasteiger partial charge in [-0.15, -0.1) is 0 Å². The second-order valence-corrected chi connectivity index (χ2v) is 9.54. The van der Waals surface area contributed by atoms with Crippen LogP contribution in [0.3, 0.4) is 0 Å². The number of nitrogens with two attached hydrogens (primary N) is 1. The van der Waals surface area contributed by atoms with E-state index in [1.807, 2.05) is 17.9 Å². The number of carboxylic acids is 1. The van der Waals surface area contributed by atoms with Crippen LogP contribution in [0, 0.1) is 12.8 Å². The van der Waals surface area contributed by atoms with E-state index in [1.54, 1.807) is 12.3 Å². The zero-order valence-electron chi connectivity index (χ0n) is 17.7. The van der Waals surface area contributed by atoms with Gasteiger partial charge in [0.1, 0.15) is 22.3 Å². The Bertz CT molecular complexity index is 1280. The molecule has 2 aliphatic rings. The number of aromatic nitrogens is 2. The molecule has 2 amide bonds. The van der Waals surface area contributed by atoms with E-state index >= 15 is 0 Å². The molecule has 4 heterocycles. The van der Waals surface area contributed by atoms with Gasteiger partial charge in [0.15, 0.2) is 0 Å². The van der Waals surface area contributed by atoms with Crippen molar-refractivity contribution in [2.45, 2.75) is 19.8 Å². The minimum Gasteiger partial charge on any atom is -0.480 e. The zero-order valence-corrected chi connectivity index (χ0v) is 19.3. The molecule has 0 radical (unpaired) electrons. The Kier molecular flexibility index (Phi) is 6.21. The Balaban J connectivity index is 1.82. The van der Waals surface area contributed by atoms with Gasteiger partial charge in [-0.25, -0.2) is 4.98 Å². The fourth-order valence-corrected chi connectivity index (χ4v) is 5.18. The number of hydrogen-bond donors (Lipinski definition) is 2. The molecule has 2 aromatic rings. The molecular weight excluding hydrogens is 466 g/mol. The summed E-state index contributed by atoms with van der Waals surface area (Å²) in [4.78, 5) is 56.7. The van der Waals surface area contributed by atoms with Gasteiger partial charge in [-0.05, 0) is 37.5 Å². The van der Waals surface area contributed by atoms with Gasteiger partial charge in [0.2, 0.25) is 5.91 Å². The first kappa shape index (κ1) is 22.9. The number of nitrogens with zero attached hydrogens (tertiary/aromatic N) is 4. The molecule has 0 aliphatic carbocycles. The monoisotopic (exact) mass is 487 g/mol. The summed E-state index contributed by atoms with van der Waals surface area (Å²) in [5.41, 5.74) is 6.59. The first-order chi connectivity index (χ1) is 15.7. The summed E-state index contributed by atoms with van der Waals surface area (Å²) in [6.07, 6.45) is 4.10. The number of pyridine rings is 1. The number of carboxylic acid groups (broad SMARTS) is 1. The Morgan fingerprint density at radius 1 is 1.33 bits per heavy atom. The molecule has 10 nitrogen and oxygen atoms in total. The van der Waals surface area contributed by atoms with E-state index in [9.17, 15) is 19.2 Å². The molecule has 0 atom stereocenters. The smallest absolute Gasteiger partial charge is 0.323 e. The van der Waals surface area contributed by atoms with Crippen molar-refractivity contribution in [1.29, 1.82) is 0 Å². The average molecular weight is 488 g/mol. The van der Waals surface area contributed by atoms with Crippen LogP contribution in [0.2, 0.25) is 0 Å². The molecule has 12 heteroatoms. The maximum atomic E-state index is 13.5. The number of aryl methyl sites for hydroxylation is 1. The van der Waals surface area contributed by atoms with Gasteiger partial charge in [0.25, 0.3) is 11.5 Å². The van der Waals surface area contributed by atoms with Crippen LogP contribution < -0.4 is 16.2 Å². The van der Waals surface area contributed by atoms with Crippen LogP contribution in [0.15, 0.2) is 28.0 Å². The molecule has 4 rings (SSSR count). The third-order valence-corrected chi connectivity index (χ3v) is 7.08. The van der Waals surface area contributed by atoms with Crippen molar-refractivity contribution < 1.29 is 19.5 Å². The lowest BCUT2D eigenvalue weighted by atomic mass is 9.96. The first-order valence-corrected chi connectivity index (χ1v) is 11.4. The standard InChI is InChI=1S/C21H21N5O5S2/c1-11-3-2-6-25-17(11)23-18(24-7-4-12(5-8-24)16(22)29)13(19(25)30)9-14-20(31)26(10-15(27)28)21(32)33-14/h2-3,6,9,12H,4-5,7-8,10H2,1H3,(H2,22,29)(H,27,28). The van der Waals surface area contributed by atoms with E-state index in [0.717, 1.165) is 22.2 Å². The second kappa shape index (κ2) is 8.94. The van der Waals surface area contributed by atoms with Crippen molar-refractivity contribution in [2.75, 3.05) is 24.5 Å². The number of piperidine rings is 1. The number of primary amides is 1. The van der Waals surface area contributed by atoms with Gasteiger partial charge >= 0.3 is 5.97 Å². The molecule has 172 valence electrons. The number of thiocarbonyl (C=S) groups is 1. The number of fused-ring (bicyclic) bond motifs is 1. The molecule has 33 heavy (non-hydrogen) atoms. The number of carbonyl (C=O) groups excluding carboxylic acids is 2. The minimum atomic E-state index is -1.19. The van der Waals surface area contributed by atoms with E-state index in [0.29, 0.717) is 37.4 Å². The lowest BCUT2D eigenvalue weighted by Crippen LogP contribution is -2.40. The molecule has 0 spiro atoms. The van der Waals surface area contributed by atoms with Gasteiger partial charge in [-0.3, -0.25) is 28.5 Å². The Hall–Kier alpha value is -3.25. The summed E-state index contributed by atoms with van der Waals surface area (Å²) in [5, 5.41) is 9.06. The van der Waals surface area contributed by atoms with E-state index in [-0.39, 0.29) is 32.2 Å². The molecular formula is C21H21N5O5S2. The third-order valence-electron chi connectivity index (χ3n) is 5.70. The van der Waals surface area contributed by atoms with Crippen molar-refractivity contribution in [3.05, 3.63) is 44.7 Å². The molecule has 2 aliphatic heterocycles. The van der Waals surface area contributed by atoms with Crippen LogP contribution in [0.25, 0.3) is 11.7 Å². The summed E-state index contributed by atoms with van der Waals surface area (Å²) in [6.45, 7) is 2.25. The number of aliphatic carboxylic acids is 1. The molecule has 0 bridgehead atoms. The number of carbonyl (C=O) groups is 3. The van der Waals surface area contributed by atoms with E-state index in [4.69, 9.17) is 28.0 Å². The van der Waals surface area contributed by atoms with Gasteiger partial charge in [-0.1, -0.05) is 30.0 Å². The predicted molar refractivity (Wildman–Crippen MR) is 128 cm³/mol. The quantitative estimate of drug-likeness (QED) is 0.467. The highest BCUT2D eigenvalue weighted by Gasteiger charge is 2.34. The number of amides is 2. The summed E-state index contributed by atoms with van der Waals surface area (Å²) >= 11 is 6.11. The topological polar surface area (TPSA) is 138 Å². The second-order valence-electron chi connectivity index (χ2n) is 7.86. The van der Waals surface area contributed by atoms with Crippen LogP contribution in [-0.2, 0) is 14.4 Å². The molecule has 0 saturated carbocycles. The number of anilines is 1. The first-order valence-electron chi connectivity index (χ1n) is 10.2. The molecule has 3 N–H and O–H groups in total. The van der Waals surface area contributed by atoms with Gasteiger partial charge < -0.3 is 15.7 Å². The van der Waals surface area contributed by atoms with Gasteiger partial charge in [0, 0.05) is 25.2 Å². The fraction of sp³-hybridized carbons (Fsp3) is 0.333. The molecule has 0 unspecified atom stereocenters. The van der Waals surface area contributed by atoms with Crippen molar-refractivity contribution in [3.63, 3.8) is 0 Å². The summed E-state index contributed by atoms with van der Waals surface area (Å²) in [7, 11) is 0. The van der Waals surface area contributed by atoms with E-state index < -0.39 is 18.4 Å². The Morgan fingerprint density at radius 3 is 2.67 bits per heavy atom. The van der Waals surface area contributed by atoms with Crippen LogP contribution in [0.1, 0.15) is 24.0 Å². The normalized spacial score (nSPS) is 18.5. The van der Waals surface area contributed by atoms with Crippen molar-refractivity contribution in [2.24, 2.45) is 11.7 Å². The van der Waals surface area contributed by atoms with E-state index in [1.165, 1.54) is 10.5 Å². The highest BCUT2D eigenvalue weighted by molar-refractivity contribution is 8.26. The predicted octanol–water partition coefficient (Wildman–Crippen LogP) is 0.990. The number of hydrogen-bond acceptors (Lipinski definition) is 8. The van der Waals surface area contributed by atoms with Crippen LogP contribution >= 0.6 is 24.0 Å². The van der Waals surface area contributed by atoms with Crippen molar-refractivity contribution in [3.8, 4) is 0 Å². The zero-order chi connectivity index (χ0) is 23.9. The third kappa shape index (κ3) is 4.35. The highest BCUT2D eigenvalue weighted by Crippen LogP contribution is 2.34. The van der Waals surface area contributed by atoms with Crippen LogP contribution in [0.5, 0.6) is 0 Å². The molecule has 2 fully saturated rings. The Morgan fingerprint density at radius 2 is 2.03 bits per heavy atom. The van der Waals surface area contributed by atoms with Crippen LogP contribution in [0.4, 0.5) is 5.82 Å². The van der Waals surface area contributed by atoms with Crippen molar-refractivity contribution >= 4 is 63.6 Å². The number of rotatable bonds is 5. The molecule has 2 saturated heterocycles. The highest BCUT2D eigenvalue weighted by atomic mass is 32.2. The van der Waals surface area contributed by atoms with Crippen molar-refractivity contribution in [1.82, 2.24) is 14.3 Å². The Labute approximate surface area is 198 Å². The molecule has 0 aromatic carbocycles. The molecule has 2 aromatic heterocycles. The van der Waals surface area contributed by atoms with E-state index in [2.05, 4.69) is 0 Å². The SMILES string of the molecule is Cc1cccn2c(=O)c(C=C3SC(=S)N(CC(=O)O)C3=O)c(N3CCC(C(N)=O)CC3)nc12. The average Bonchev–Trinajstić information content (AvgIpc) is 3.03. The minimum absolute atomic E-state index is 0.113. The number of thioether (sulfide) groups is 1. The summed E-state index contributed by atoms with van der Waals surface area (Å²) in [5.74, 6) is -1.94. The van der Waals surface area contributed by atoms with Gasteiger partial charge in [0.05, 0.1) is 10.5 Å². The fourth-order valence-electron chi connectivity index (χ4n) is 3.95.